The van der Waals surface area contributed by atoms with Crippen LogP contribution in [-0.2, 0) is 0 Å². The molecule has 0 amide bonds. The van der Waals surface area contributed by atoms with E-state index in [-0.39, 0.29) is 0 Å². The molecule has 0 aromatic heterocycles. The van der Waals surface area contributed by atoms with Crippen LogP contribution in [0.3, 0.4) is 0 Å². The molecule has 4 rings (SSSR count). The van der Waals surface area contributed by atoms with Gasteiger partial charge in [0.1, 0.15) is 0 Å². The quantitative estimate of drug-likeness (QED) is 0.437. The minimum atomic E-state index is 0.765. The Kier molecular flexibility index (Phi) is 4.40. The van der Waals surface area contributed by atoms with Crippen LogP contribution in [0.4, 0.5) is 22.7 Å². The molecular formula is C24H20N2. The molecule has 0 aliphatic heterocycles. The van der Waals surface area contributed by atoms with Gasteiger partial charge in [-0.05, 0) is 59.7 Å². The van der Waals surface area contributed by atoms with E-state index in [1.54, 1.807) is 0 Å². The van der Waals surface area contributed by atoms with Crippen LogP contribution in [0.2, 0.25) is 0 Å². The van der Waals surface area contributed by atoms with Crippen LogP contribution in [0.25, 0.3) is 11.1 Å². The third kappa shape index (κ3) is 3.31. The van der Waals surface area contributed by atoms with Gasteiger partial charge in [-0.2, -0.15) is 0 Å². The van der Waals surface area contributed by atoms with Crippen LogP contribution in [0.15, 0.2) is 109 Å². The third-order valence-corrected chi connectivity index (χ3v) is 4.40. The topological polar surface area (TPSA) is 29.3 Å². The third-order valence-electron chi connectivity index (χ3n) is 4.40. The van der Waals surface area contributed by atoms with E-state index in [2.05, 4.69) is 77.7 Å². The molecular weight excluding hydrogens is 316 g/mol. The van der Waals surface area contributed by atoms with Crippen LogP contribution >= 0.6 is 0 Å². The van der Waals surface area contributed by atoms with E-state index < -0.39 is 0 Å². The van der Waals surface area contributed by atoms with Gasteiger partial charge in [-0.3, -0.25) is 0 Å². The molecule has 0 saturated carbocycles. The summed E-state index contributed by atoms with van der Waals surface area (Å²) in [5.74, 6) is 0. The Balaban J connectivity index is 1.76. The number of benzene rings is 4. The number of anilines is 4. The molecule has 2 nitrogen and oxygen atoms in total. The number of rotatable bonds is 4. The van der Waals surface area contributed by atoms with Crippen molar-refractivity contribution < 1.29 is 0 Å². The molecule has 4 aromatic carbocycles. The Bertz CT molecular complexity index is 960. The lowest BCUT2D eigenvalue weighted by Crippen LogP contribution is -2.09. The molecule has 0 radical (unpaired) electrons. The fourth-order valence-corrected chi connectivity index (χ4v) is 3.08. The molecule has 0 fully saturated rings. The number of nitrogens with zero attached hydrogens (tertiary/aromatic N) is 1. The highest BCUT2D eigenvalue weighted by Gasteiger charge is 2.12. The van der Waals surface area contributed by atoms with Crippen LogP contribution < -0.4 is 10.6 Å². The van der Waals surface area contributed by atoms with E-state index >= 15 is 0 Å². The first-order valence-electron chi connectivity index (χ1n) is 8.67. The maximum Gasteiger partial charge on any atom is 0.0463 e. The molecule has 2 heteroatoms. The van der Waals surface area contributed by atoms with Gasteiger partial charge in [-0.25, -0.2) is 0 Å². The summed E-state index contributed by atoms with van der Waals surface area (Å²) < 4.78 is 0. The van der Waals surface area contributed by atoms with Crippen LogP contribution in [0.5, 0.6) is 0 Å². The van der Waals surface area contributed by atoms with Crippen molar-refractivity contribution in [3.8, 4) is 11.1 Å². The molecule has 0 atom stereocenters. The molecule has 4 aromatic rings. The summed E-state index contributed by atoms with van der Waals surface area (Å²) >= 11 is 0. The van der Waals surface area contributed by atoms with E-state index in [0.29, 0.717) is 0 Å². The molecule has 0 saturated heterocycles. The Labute approximate surface area is 154 Å². The lowest BCUT2D eigenvalue weighted by molar-refractivity contribution is 1.28. The molecule has 0 bridgehead atoms. The Morgan fingerprint density at radius 1 is 0.423 bits per heavy atom. The maximum absolute atomic E-state index is 5.87. The van der Waals surface area contributed by atoms with E-state index in [4.69, 9.17) is 5.73 Å². The van der Waals surface area contributed by atoms with E-state index in [1.807, 2.05) is 36.4 Å². The second-order valence-electron chi connectivity index (χ2n) is 6.18. The van der Waals surface area contributed by atoms with Crippen molar-refractivity contribution in [2.75, 3.05) is 10.6 Å². The first kappa shape index (κ1) is 16.0. The maximum atomic E-state index is 5.87. The lowest BCUT2D eigenvalue weighted by atomic mass is 10.0. The molecule has 0 aliphatic rings. The number of nitrogens with two attached hydrogens (primary N) is 1. The van der Waals surface area contributed by atoms with Gasteiger partial charge in [-0.15, -0.1) is 0 Å². The summed E-state index contributed by atoms with van der Waals surface area (Å²) in [6, 6.07) is 37.4. The van der Waals surface area contributed by atoms with Crippen molar-refractivity contribution in [1.82, 2.24) is 0 Å². The fourth-order valence-electron chi connectivity index (χ4n) is 3.08. The fraction of sp³-hybridized carbons (Fsp3) is 0. The second kappa shape index (κ2) is 7.16. The van der Waals surface area contributed by atoms with Crippen LogP contribution in [0, 0.1) is 0 Å². The van der Waals surface area contributed by atoms with Gasteiger partial charge in [0, 0.05) is 22.7 Å². The number of para-hydroxylation sites is 1. The summed E-state index contributed by atoms with van der Waals surface area (Å²) in [6.07, 6.45) is 0. The number of hydrogen-bond acceptors (Lipinski definition) is 2. The van der Waals surface area contributed by atoms with Crippen molar-refractivity contribution in [3.05, 3.63) is 109 Å². The predicted molar refractivity (Wildman–Crippen MR) is 111 cm³/mol. The predicted octanol–water partition coefficient (Wildman–Crippen LogP) is 6.41. The summed E-state index contributed by atoms with van der Waals surface area (Å²) in [5, 5.41) is 0. The monoisotopic (exact) mass is 336 g/mol. The smallest absolute Gasteiger partial charge is 0.0463 e. The van der Waals surface area contributed by atoms with E-state index in [9.17, 15) is 0 Å². The minimum Gasteiger partial charge on any atom is -0.399 e. The van der Waals surface area contributed by atoms with Gasteiger partial charge in [0.2, 0.25) is 0 Å². The summed E-state index contributed by atoms with van der Waals surface area (Å²) in [5.41, 5.74) is 12.4. The largest absolute Gasteiger partial charge is 0.399 e. The standard InChI is InChI=1S/C24H20N2/c25-21-13-17-24(18-14-21)26(22-9-5-2-6-10-22)23-15-11-20(12-16-23)19-7-3-1-4-8-19/h1-18H,25H2. The van der Waals surface area contributed by atoms with Gasteiger partial charge in [-0.1, -0.05) is 60.7 Å². The van der Waals surface area contributed by atoms with Gasteiger partial charge in [0.05, 0.1) is 0 Å². The Morgan fingerprint density at radius 2 is 0.846 bits per heavy atom. The van der Waals surface area contributed by atoms with Crippen molar-refractivity contribution >= 4 is 22.7 Å². The van der Waals surface area contributed by atoms with E-state index in [1.165, 1.54) is 11.1 Å². The summed E-state index contributed by atoms with van der Waals surface area (Å²) in [7, 11) is 0. The molecule has 126 valence electrons. The number of nitrogen functional groups attached to an aromatic ring is 1. The average Bonchev–Trinajstić information content (AvgIpc) is 2.72. The van der Waals surface area contributed by atoms with Crippen molar-refractivity contribution in [2.24, 2.45) is 0 Å². The summed E-state index contributed by atoms with van der Waals surface area (Å²) in [6.45, 7) is 0. The summed E-state index contributed by atoms with van der Waals surface area (Å²) in [4.78, 5) is 2.23. The molecule has 0 unspecified atom stereocenters. The van der Waals surface area contributed by atoms with Crippen molar-refractivity contribution in [3.63, 3.8) is 0 Å². The van der Waals surface area contributed by atoms with Crippen molar-refractivity contribution in [1.29, 1.82) is 0 Å². The highest BCUT2D eigenvalue weighted by molar-refractivity contribution is 5.78. The van der Waals surface area contributed by atoms with E-state index in [0.717, 1.165) is 22.7 Å². The zero-order valence-corrected chi connectivity index (χ0v) is 14.4. The zero-order chi connectivity index (χ0) is 17.8. The highest BCUT2D eigenvalue weighted by atomic mass is 15.1. The van der Waals surface area contributed by atoms with Gasteiger partial charge < -0.3 is 10.6 Å². The average molecular weight is 336 g/mol. The first-order valence-corrected chi connectivity index (χ1v) is 8.67. The first-order chi connectivity index (χ1) is 12.8. The SMILES string of the molecule is Nc1ccc(N(c2ccccc2)c2ccc(-c3ccccc3)cc2)cc1. The lowest BCUT2D eigenvalue weighted by Gasteiger charge is -2.25. The minimum absolute atomic E-state index is 0.765. The molecule has 0 heterocycles. The van der Waals surface area contributed by atoms with Gasteiger partial charge in [0.25, 0.3) is 0 Å². The normalized spacial score (nSPS) is 10.5. The van der Waals surface area contributed by atoms with Crippen molar-refractivity contribution in [2.45, 2.75) is 0 Å². The van der Waals surface area contributed by atoms with Gasteiger partial charge >= 0.3 is 0 Å². The second-order valence-corrected chi connectivity index (χ2v) is 6.18. The molecule has 2 N–H and O–H groups in total. The Hall–Kier alpha value is -3.52. The Morgan fingerprint density at radius 3 is 1.42 bits per heavy atom. The molecule has 0 spiro atoms. The highest BCUT2D eigenvalue weighted by Crippen LogP contribution is 2.35. The van der Waals surface area contributed by atoms with Crippen LogP contribution in [-0.4, -0.2) is 0 Å². The molecule has 0 aliphatic carbocycles. The van der Waals surface area contributed by atoms with Crippen LogP contribution in [0.1, 0.15) is 0 Å². The van der Waals surface area contributed by atoms with Gasteiger partial charge in [0.15, 0.2) is 0 Å². The number of hydrogen-bond donors (Lipinski definition) is 1. The molecule has 26 heavy (non-hydrogen) atoms. The zero-order valence-electron chi connectivity index (χ0n) is 14.4.